The highest BCUT2D eigenvalue weighted by atomic mass is 31.2. The molecule has 0 radical (unpaired) electrons. The maximum Gasteiger partial charge on any atom is 0.587 e. The molecule has 0 aromatic heterocycles. The predicted octanol–water partition coefficient (Wildman–Crippen LogP) is 7.63. The van der Waals surface area contributed by atoms with Crippen molar-refractivity contribution in [1.29, 1.82) is 0 Å². The van der Waals surface area contributed by atoms with Gasteiger partial charge in [-0.3, -0.25) is 4.52 Å². The summed E-state index contributed by atoms with van der Waals surface area (Å²) in [4.78, 5) is 0. The van der Waals surface area contributed by atoms with Gasteiger partial charge in [-0.25, -0.2) is 4.57 Å². The number of phosphoric ester groups is 1. The molecule has 5 heteroatoms. The minimum absolute atomic E-state index is 0.278. The molecule has 0 heterocycles. The van der Waals surface area contributed by atoms with E-state index >= 15 is 0 Å². The molecule has 0 N–H and O–H groups in total. The van der Waals surface area contributed by atoms with Crippen molar-refractivity contribution in [1.82, 2.24) is 0 Å². The highest BCUT2D eigenvalue weighted by Crippen LogP contribution is 2.49. The molecule has 0 amide bonds. The number of rotatable bonds is 13. The molecule has 164 valence electrons. The molecular formula is C26H31O4P. The Hall–Kier alpha value is -2.55. The third-order valence-electron chi connectivity index (χ3n) is 4.93. The Kier molecular flexibility index (Phi) is 9.20. The molecule has 0 saturated carbocycles. The molecule has 3 aromatic carbocycles. The van der Waals surface area contributed by atoms with Crippen molar-refractivity contribution in [3.63, 3.8) is 0 Å². The number of unbranched alkanes of at least 4 members (excludes halogenated alkanes) is 2. The number of para-hydroxylation sites is 2. The van der Waals surface area contributed by atoms with E-state index < -0.39 is 7.82 Å². The maximum atomic E-state index is 13.3. The zero-order valence-electron chi connectivity index (χ0n) is 18.1. The fourth-order valence-corrected chi connectivity index (χ4v) is 4.60. The Morgan fingerprint density at radius 3 is 1.65 bits per heavy atom. The largest absolute Gasteiger partial charge is 0.587 e. The maximum absolute atomic E-state index is 13.3. The lowest BCUT2D eigenvalue weighted by atomic mass is 9.98. The molecule has 0 atom stereocenters. The third kappa shape index (κ3) is 7.90. The Balaban J connectivity index is 1.60. The molecule has 0 aliphatic heterocycles. The van der Waals surface area contributed by atoms with Gasteiger partial charge in [0.25, 0.3) is 0 Å². The third-order valence-corrected chi connectivity index (χ3v) is 6.30. The van der Waals surface area contributed by atoms with E-state index in [-0.39, 0.29) is 6.61 Å². The number of aryl methyl sites for hydroxylation is 2. The van der Waals surface area contributed by atoms with E-state index in [1.807, 2.05) is 36.4 Å². The second kappa shape index (κ2) is 12.3. The first kappa shape index (κ1) is 23.1. The molecule has 3 aromatic rings. The van der Waals surface area contributed by atoms with Gasteiger partial charge in [0.1, 0.15) is 11.5 Å². The minimum atomic E-state index is -3.82. The average molecular weight is 439 g/mol. The van der Waals surface area contributed by atoms with Crippen LogP contribution < -0.4 is 9.05 Å². The van der Waals surface area contributed by atoms with Crippen LogP contribution in [0.4, 0.5) is 0 Å². The lowest BCUT2D eigenvalue weighted by molar-refractivity contribution is 0.207. The van der Waals surface area contributed by atoms with E-state index in [4.69, 9.17) is 13.6 Å². The van der Waals surface area contributed by atoms with Gasteiger partial charge < -0.3 is 9.05 Å². The van der Waals surface area contributed by atoms with Crippen LogP contribution in [0.3, 0.4) is 0 Å². The first-order valence-corrected chi connectivity index (χ1v) is 12.5. The Bertz CT molecular complexity index is 898. The molecule has 0 fully saturated rings. The van der Waals surface area contributed by atoms with E-state index in [0.29, 0.717) is 11.5 Å². The van der Waals surface area contributed by atoms with Gasteiger partial charge in [-0.15, -0.1) is 0 Å². The molecule has 0 spiro atoms. The Morgan fingerprint density at radius 1 is 0.645 bits per heavy atom. The highest BCUT2D eigenvalue weighted by molar-refractivity contribution is 7.49. The number of phosphoric acid groups is 1. The van der Waals surface area contributed by atoms with Crippen molar-refractivity contribution in [2.75, 3.05) is 6.61 Å². The zero-order valence-corrected chi connectivity index (χ0v) is 19.0. The summed E-state index contributed by atoms with van der Waals surface area (Å²) in [6, 6.07) is 26.5. The second-order valence-electron chi connectivity index (χ2n) is 7.42. The number of hydrogen-bond acceptors (Lipinski definition) is 4. The first-order chi connectivity index (χ1) is 15.2. The number of benzene rings is 3. The van der Waals surface area contributed by atoms with Gasteiger partial charge in [0, 0.05) is 0 Å². The van der Waals surface area contributed by atoms with E-state index in [1.165, 1.54) is 30.4 Å². The van der Waals surface area contributed by atoms with Crippen molar-refractivity contribution >= 4 is 7.82 Å². The molecule has 3 rings (SSSR count). The van der Waals surface area contributed by atoms with Crippen LogP contribution in [0, 0.1) is 0 Å². The summed E-state index contributed by atoms with van der Waals surface area (Å²) in [7, 11) is -3.82. The van der Waals surface area contributed by atoms with Gasteiger partial charge in [0.15, 0.2) is 0 Å². The van der Waals surface area contributed by atoms with Gasteiger partial charge in [-0.1, -0.05) is 80.4 Å². The van der Waals surface area contributed by atoms with Crippen LogP contribution in [-0.4, -0.2) is 6.61 Å². The summed E-state index contributed by atoms with van der Waals surface area (Å²) in [5.74, 6) is 0.895. The second-order valence-corrected chi connectivity index (χ2v) is 8.94. The molecule has 0 bridgehead atoms. The van der Waals surface area contributed by atoms with Crippen LogP contribution in [0.1, 0.15) is 43.7 Å². The predicted molar refractivity (Wildman–Crippen MR) is 126 cm³/mol. The molecule has 0 unspecified atom stereocenters. The van der Waals surface area contributed by atoms with E-state index in [2.05, 4.69) is 31.2 Å². The smallest absolute Gasteiger partial charge is 0.395 e. The molecule has 0 aliphatic carbocycles. The van der Waals surface area contributed by atoms with E-state index in [1.54, 1.807) is 24.3 Å². The van der Waals surface area contributed by atoms with Crippen molar-refractivity contribution in [3.8, 4) is 11.5 Å². The van der Waals surface area contributed by atoms with Crippen LogP contribution in [0.5, 0.6) is 11.5 Å². The lowest BCUT2D eigenvalue weighted by Crippen LogP contribution is -2.07. The van der Waals surface area contributed by atoms with Gasteiger partial charge >= 0.3 is 7.82 Å². The fourth-order valence-electron chi connectivity index (χ4n) is 3.34. The Morgan fingerprint density at radius 2 is 1.13 bits per heavy atom. The molecule has 31 heavy (non-hydrogen) atoms. The normalized spacial score (nSPS) is 11.3. The summed E-state index contributed by atoms with van der Waals surface area (Å²) in [5, 5.41) is 0. The Labute approximate surface area is 185 Å². The standard InChI is InChI=1S/C26H31O4P/c1-2-3-6-14-23-15-11-12-16-24(23)17-13-22-28-31(27,29-25-18-7-4-8-19-25)30-26-20-9-5-10-21-26/h4-5,7-12,15-16,18-21H,2-3,6,13-14,17,22H2,1H3. The van der Waals surface area contributed by atoms with Gasteiger partial charge in [-0.2, -0.15) is 0 Å². The van der Waals surface area contributed by atoms with Crippen LogP contribution in [0.15, 0.2) is 84.9 Å². The topological polar surface area (TPSA) is 44.8 Å². The minimum Gasteiger partial charge on any atom is -0.395 e. The molecule has 0 saturated heterocycles. The van der Waals surface area contributed by atoms with Gasteiger partial charge in [-0.05, 0) is 61.1 Å². The first-order valence-electron chi connectivity index (χ1n) is 11.0. The summed E-state index contributed by atoms with van der Waals surface area (Å²) in [6.07, 6.45) is 6.35. The van der Waals surface area contributed by atoms with Crippen molar-refractivity contribution in [2.24, 2.45) is 0 Å². The van der Waals surface area contributed by atoms with Crippen LogP contribution >= 0.6 is 7.82 Å². The van der Waals surface area contributed by atoms with Gasteiger partial charge in [0.05, 0.1) is 6.61 Å². The summed E-state index contributed by atoms with van der Waals surface area (Å²) < 4.78 is 30.4. The van der Waals surface area contributed by atoms with E-state index in [0.717, 1.165) is 19.3 Å². The molecular weight excluding hydrogens is 407 g/mol. The van der Waals surface area contributed by atoms with Crippen LogP contribution in [0.25, 0.3) is 0 Å². The van der Waals surface area contributed by atoms with Crippen LogP contribution in [0.2, 0.25) is 0 Å². The highest BCUT2D eigenvalue weighted by Gasteiger charge is 2.30. The van der Waals surface area contributed by atoms with Crippen molar-refractivity contribution in [2.45, 2.75) is 45.4 Å². The summed E-state index contributed by atoms with van der Waals surface area (Å²) in [5.41, 5.74) is 2.71. The molecule has 0 aliphatic rings. The number of hydrogen-bond donors (Lipinski definition) is 0. The SMILES string of the molecule is CCCCCc1ccccc1CCCOP(=O)(Oc1ccccc1)Oc1ccccc1. The monoisotopic (exact) mass is 438 g/mol. The van der Waals surface area contributed by atoms with Crippen LogP contribution in [-0.2, 0) is 21.9 Å². The van der Waals surface area contributed by atoms with Gasteiger partial charge in [0.2, 0.25) is 0 Å². The average Bonchev–Trinajstić information content (AvgIpc) is 2.79. The van der Waals surface area contributed by atoms with E-state index in [9.17, 15) is 4.57 Å². The fraction of sp³-hybridized carbons (Fsp3) is 0.308. The lowest BCUT2D eigenvalue weighted by Gasteiger charge is -2.19. The summed E-state index contributed by atoms with van der Waals surface area (Å²) >= 11 is 0. The van der Waals surface area contributed by atoms with Crippen molar-refractivity contribution in [3.05, 3.63) is 96.1 Å². The van der Waals surface area contributed by atoms with Crippen molar-refractivity contribution < 1.29 is 18.1 Å². The zero-order chi connectivity index (χ0) is 21.8. The quantitative estimate of drug-likeness (QED) is 0.203. The molecule has 4 nitrogen and oxygen atoms in total. The summed E-state index contributed by atoms with van der Waals surface area (Å²) in [6.45, 7) is 2.50.